The van der Waals surface area contributed by atoms with E-state index >= 15 is 8.78 Å². The van der Waals surface area contributed by atoms with Gasteiger partial charge in [-0.15, -0.1) is 0 Å². The van der Waals surface area contributed by atoms with Gasteiger partial charge in [-0.25, -0.2) is 18.0 Å². The minimum atomic E-state index is -5.01. The number of aromatic nitrogens is 2. The Bertz CT molecular complexity index is 2180. The van der Waals surface area contributed by atoms with Gasteiger partial charge in [-0.2, -0.15) is 23.1 Å². The van der Waals surface area contributed by atoms with E-state index in [9.17, 15) is 27.2 Å². The molecule has 1 amide bonds. The number of nitrogen functional groups attached to an aromatic ring is 1. The van der Waals surface area contributed by atoms with Crippen LogP contribution in [0.25, 0.3) is 27.6 Å². The van der Waals surface area contributed by atoms with E-state index in [-0.39, 0.29) is 72.1 Å². The molecule has 4 saturated heterocycles. The minimum Gasteiger partial charge on any atom is -0.461 e. The van der Waals surface area contributed by atoms with E-state index in [2.05, 4.69) is 11.6 Å². The van der Waals surface area contributed by atoms with Crippen LogP contribution in [-0.4, -0.2) is 94.2 Å². The third kappa shape index (κ3) is 6.49. The van der Waals surface area contributed by atoms with Crippen LogP contribution >= 0.6 is 0 Å². The Kier molecular flexibility index (Phi) is 9.55. The topological polar surface area (TPSA) is 123 Å². The van der Waals surface area contributed by atoms with E-state index in [4.69, 9.17) is 24.9 Å². The summed E-state index contributed by atoms with van der Waals surface area (Å²) in [5.41, 5.74) is 1.22. The van der Waals surface area contributed by atoms with Gasteiger partial charge in [-0.05, 0) is 68.8 Å². The third-order valence-corrected chi connectivity index (χ3v) is 12.2. The number of aryl methyl sites for hydroxylation is 1. The highest BCUT2D eigenvalue weighted by molar-refractivity contribution is 6.04. The summed E-state index contributed by atoms with van der Waals surface area (Å²) in [7, 11) is 0. The van der Waals surface area contributed by atoms with Crippen LogP contribution in [0.1, 0.15) is 76.0 Å². The Morgan fingerprint density at radius 3 is 2.53 bits per heavy atom. The maximum atomic E-state index is 17.3. The number of hydrogen-bond donors (Lipinski definition) is 1. The summed E-state index contributed by atoms with van der Waals surface area (Å²) in [6, 6.07) is 0.00889. The van der Waals surface area contributed by atoms with Crippen LogP contribution in [-0.2, 0) is 20.4 Å². The maximum Gasteiger partial charge on any atom is 0.417 e. The fourth-order valence-electron chi connectivity index (χ4n) is 9.84. The molecule has 1 unspecified atom stereocenters. The van der Waals surface area contributed by atoms with E-state index in [1.807, 2.05) is 9.80 Å². The van der Waals surface area contributed by atoms with Crippen molar-refractivity contribution < 1.29 is 50.1 Å². The number of ether oxygens (including phenoxy) is 3. The molecule has 6 atom stereocenters. The number of halogens is 6. The number of carbonyl (C=O) groups is 2. The Hall–Kier alpha value is -4.80. The molecule has 6 heterocycles. The Morgan fingerprint density at radius 1 is 1.05 bits per heavy atom. The Labute approximate surface area is 325 Å². The Balaban J connectivity index is 1.26. The first-order valence-corrected chi connectivity index (χ1v) is 19.2. The molecule has 1 aromatic heterocycles. The molecule has 0 saturated carbocycles. The van der Waals surface area contributed by atoms with Crippen LogP contribution in [0, 0.1) is 24.5 Å². The second kappa shape index (κ2) is 13.9. The van der Waals surface area contributed by atoms with E-state index in [0.717, 1.165) is 25.5 Å². The molecule has 11 nitrogen and oxygen atoms in total. The quantitative estimate of drug-likeness (QED) is 0.111. The lowest BCUT2D eigenvalue weighted by molar-refractivity contribution is -0.170. The number of fused-ring (bicyclic) bond motifs is 6. The molecular weight excluding hydrogens is 758 g/mol. The van der Waals surface area contributed by atoms with Crippen LogP contribution in [0.3, 0.4) is 0 Å². The highest BCUT2D eigenvalue weighted by Crippen LogP contribution is 2.51. The average molecular weight is 803 g/mol. The molecule has 5 aliphatic rings. The molecule has 57 heavy (non-hydrogen) atoms. The van der Waals surface area contributed by atoms with Gasteiger partial charge in [-0.1, -0.05) is 20.4 Å². The van der Waals surface area contributed by atoms with Crippen LogP contribution in [0.4, 0.5) is 42.6 Å². The third-order valence-electron chi connectivity index (χ3n) is 12.2. The van der Waals surface area contributed by atoms with Crippen LogP contribution < -0.4 is 15.4 Å². The number of carbonyl (C=O) groups excluding carboxylic acids is 2. The van der Waals surface area contributed by atoms with Crippen LogP contribution in [0.5, 0.6) is 6.01 Å². The SMILES string of the molecule is C=C1C[C@@H]2[C@@H]3CC[C@H](CN2c2nc(OC[C@@]45CCCN4C[C@H](F)C5)nc4c(F)c(-c5cc(N)cc(C)c5C(F)(F)F)c(F)c1c24)N3C(=O)OC(C)OC(=O)C(C)C. The summed E-state index contributed by atoms with van der Waals surface area (Å²) >= 11 is 0. The van der Waals surface area contributed by atoms with E-state index < -0.39 is 94.1 Å². The van der Waals surface area contributed by atoms with Crippen molar-refractivity contribution in [3.63, 3.8) is 0 Å². The van der Waals surface area contributed by atoms with Crippen LogP contribution in [0.15, 0.2) is 18.7 Å². The van der Waals surface area contributed by atoms with Gasteiger partial charge in [0, 0.05) is 43.2 Å². The van der Waals surface area contributed by atoms with Gasteiger partial charge in [0.05, 0.1) is 46.1 Å². The Morgan fingerprint density at radius 2 is 1.81 bits per heavy atom. The van der Waals surface area contributed by atoms with Crippen molar-refractivity contribution in [1.82, 2.24) is 19.8 Å². The molecule has 8 rings (SSSR count). The van der Waals surface area contributed by atoms with Gasteiger partial charge >= 0.3 is 24.2 Å². The van der Waals surface area contributed by atoms with E-state index in [0.29, 0.717) is 25.8 Å². The number of nitrogens with zero attached hydrogens (tertiary/aromatic N) is 5. The monoisotopic (exact) mass is 802 g/mol. The fourth-order valence-corrected chi connectivity index (χ4v) is 9.84. The summed E-state index contributed by atoms with van der Waals surface area (Å²) in [5, 5.41) is -0.0993. The van der Waals surface area contributed by atoms with Crippen molar-refractivity contribution in [3.05, 3.63) is 47.0 Å². The van der Waals surface area contributed by atoms with E-state index in [1.54, 1.807) is 18.7 Å². The molecule has 306 valence electrons. The fraction of sp³-hybridized carbons (Fsp3) is 0.550. The number of benzene rings is 2. The lowest BCUT2D eigenvalue weighted by Gasteiger charge is -2.46. The zero-order chi connectivity index (χ0) is 40.9. The summed E-state index contributed by atoms with van der Waals surface area (Å²) < 4.78 is 110. The molecule has 4 fully saturated rings. The van der Waals surface area contributed by atoms with Crippen molar-refractivity contribution in [3.8, 4) is 17.1 Å². The number of hydrogen-bond acceptors (Lipinski definition) is 10. The van der Waals surface area contributed by atoms with Gasteiger partial charge in [0.15, 0.2) is 5.82 Å². The average Bonchev–Trinajstić information content (AvgIpc) is 3.73. The van der Waals surface area contributed by atoms with Crippen molar-refractivity contribution in [1.29, 1.82) is 0 Å². The summed E-state index contributed by atoms with van der Waals surface area (Å²) in [6.45, 7) is 11.1. The maximum absolute atomic E-state index is 17.3. The van der Waals surface area contributed by atoms with Gasteiger partial charge in [0.25, 0.3) is 0 Å². The van der Waals surface area contributed by atoms with Gasteiger partial charge < -0.3 is 24.8 Å². The minimum absolute atomic E-state index is 0.000736. The number of amides is 1. The van der Waals surface area contributed by atoms with Gasteiger partial charge in [0.2, 0.25) is 6.29 Å². The predicted molar refractivity (Wildman–Crippen MR) is 198 cm³/mol. The molecule has 0 aliphatic carbocycles. The first-order chi connectivity index (χ1) is 26.9. The number of alkyl halides is 4. The molecule has 2 N–H and O–H groups in total. The van der Waals surface area contributed by atoms with Crippen molar-refractivity contribution in [2.75, 3.05) is 36.9 Å². The zero-order valence-electron chi connectivity index (χ0n) is 32.0. The molecule has 3 aromatic rings. The molecule has 2 aromatic carbocycles. The number of esters is 1. The summed E-state index contributed by atoms with van der Waals surface area (Å²) in [5.74, 6) is -3.59. The second-order valence-corrected chi connectivity index (χ2v) is 16.3. The highest BCUT2D eigenvalue weighted by atomic mass is 19.4. The second-order valence-electron chi connectivity index (χ2n) is 16.3. The molecular formula is C40H44F6N6O5. The van der Waals surface area contributed by atoms with Crippen molar-refractivity contribution in [2.24, 2.45) is 5.92 Å². The highest BCUT2D eigenvalue weighted by Gasteiger charge is 2.53. The standard InChI is InChI=1S/C40H44F6N6O5/c1-18(2)36(53)56-21(5)57-38(54)52-24-7-8-26(52)27-12-19(3)28-30-34(33(43)29(32(28)42)25-13-23(47)11-20(4)31(25)40(44,45)46)48-37(49-35(30)51(27)16-24)55-17-39-9-6-10-50(39)15-22(41)14-39/h11,13,18,21-22,24,26-27H,3,6-10,12,14-17,47H2,1-2,4-5H3/t21?,22-,24-,26+,27-,39+/m1/s1. The molecule has 2 bridgehead atoms. The van der Waals surface area contributed by atoms with Gasteiger partial charge in [0.1, 0.15) is 29.9 Å². The van der Waals surface area contributed by atoms with E-state index in [1.165, 1.54) is 6.92 Å². The molecule has 0 spiro atoms. The number of piperazine rings is 1. The predicted octanol–water partition coefficient (Wildman–Crippen LogP) is 7.56. The molecule has 17 heteroatoms. The first-order valence-electron chi connectivity index (χ1n) is 19.2. The van der Waals surface area contributed by atoms with Crippen molar-refractivity contribution in [2.45, 2.75) is 109 Å². The molecule has 5 aliphatic heterocycles. The summed E-state index contributed by atoms with van der Waals surface area (Å²) in [6.07, 6.45) is -5.27. The lowest BCUT2D eigenvalue weighted by atomic mass is 9.88. The lowest BCUT2D eigenvalue weighted by Crippen LogP contribution is -2.61. The van der Waals surface area contributed by atoms with Gasteiger partial charge in [-0.3, -0.25) is 14.6 Å². The molecule has 0 radical (unpaired) electrons. The largest absolute Gasteiger partial charge is 0.461 e. The number of nitrogens with two attached hydrogens (primary N) is 1. The summed E-state index contributed by atoms with van der Waals surface area (Å²) in [4.78, 5) is 40.5. The smallest absolute Gasteiger partial charge is 0.417 e. The number of rotatable bonds is 7. The first kappa shape index (κ1) is 39.0. The number of anilines is 2. The normalized spacial score (nSPS) is 26.1. The van der Waals surface area contributed by atoms with Crippen LogP contribution in [0.2, 0.25) is 0 Å². The zero-order valence-corrected chi connectivity index (χ0v) is 32.0. The van der Waals surface area contributed by atoms with Crippen molar-refractivity contribution >= 4 is 40.0 Å².